The van der Waals surface area contributed by atoms with Crippen LogP contribution >= 0.6 is 23.8 Å². The van der Waals surface area contributed by atoms with Crippen LogP contribution in [0.2, 0.25) is 5.02 Å². The molecule has 1 heterocycles. The van der Waals surface area contributed by atoms with Gasteiger partial charge in [-0.25, -0.2) is 0 Å². The largest absolute Gasteiger partial charge is 0.271 e. The summed E-state index contributed by atoms with van der Waals surface area (Å²) in [6, 6.07) is 16.8. The van der Waals surface area contributed by atoms with E-state index in [0.29, 0.717) is 15.6 Å². The minimum Gasteiger partial charge on any atom is -0.271 e. The van der Waals surface area contributed by atoms with Crippen molar-refractivity contribution >= 4 is 40.4 Å². The first-order chi connectivity index (χ1) is 12.1. The molecule has 1 fully saturated rings. The molecule has 0 saturated heterocycles. The number of amides is 1. The van der Waals surface area contributed by atoms with Crippen LogP contribution in [0.5, 0.6) is 0 Å². The summed E-state index contributed by atoms with van der Waals surface area (Å²) in [6.45, 7) is 0. The summed E-state index contributed by atoms with van der Waals surface area (Å²) in [6.07, 6.45) is 3.81. The van der Waals surface area contributed by atoms with Crippen LogP contribution in [-0.2, 0) is 0 Å². The lowest BCUT2D eigenvalue weighted by atomic mass is 10.1. The van der Waals surface area contributed by atoms with Crippen molar-refractivity contribution in [3.05, 3.63) is 70.7 Å². The standard InChI is InChI=1S/C20H17ClN2OS/c21-16-10-8-14(9-11-16)17-19(25)23(20(22-17)12-4-5-13-20)18(24)15-6-2-1-3-7-15/h1-3,6-11H,4-5,12-13H2. The van der Waals surface area contributed by atoms with Crippen molar-refractivity contribution in [2.75, 3.05) is 0 Å². The number of hydrogen-bond donors (Lipinski definition) is 0. The minimum atomic E-state index is -0.529. The van der Waals surface area contributed by atoms with Gasteiger partial charge in [0.25, 0.3) is 5.91 Å². The lowest BCUT2D eigenvalue weighted by molar-refractivity contribution is 0.0724. The molecule has 2 aromatic rings. The van der Waals surface area contributed by atoms with E-state index >= 15 is 0 Å². The van der Waals surface area contributed by atoms with E-state index in [4.69, 9.17) is 28.8 Å². The van der Waals surface area contributed by atoms with Gasteiger partial charge in [0.1, 0.15) is 16.4 Å². The van der Waals surface area contributed by atoms with E-state index in [2.05, 4.69) is 0 Å². The van der Waals surface area contributed by atoms with Crippen LogP contribution in [0.1, 0.15) is 41.6 Å². The smallest absolute Gasteiger partial charge is 0.260 e. The highest BCUT2D eigenvalue weighted by Crippen LogP contribution is 2.42. The van der Waals surface area contributed by atoms with Gasteiger partial charge >= 0.3 is 0 Å². The molecule has 1 spiro atoms. The lowest BCUT2D eigenvalue weighted by Gasteiger charge is -2.32. The fraction of sp³-hybridized carbons (Fsp3) is 0.250. The number of thiocarbonyl (C=S) groups is 1. The van der Waals surface area contributed by atoms with Crippen LogP contribution in [0, 0.1) is 0 Å². The second-order valence-electron chi connectivity index (χ2n) is 6.47. The predicted octanol–water partition coefficient (Wildman–Crippen LogP) is 4.88. The molecule has 1 aliphatic carbocycles. The minimum absolute atomic E-state index is 0.0692. The first-order valence-corrected chi connectivity index (χ1v) is 9.19. The molecule has 1 saturated carbocycles. The van der Waals surface area contributed by atoms with Gasteiger partial charge in [0, 0.05) is 16.1 Å². The lowest BCUT2D eigenvalue weighted by Crippen LogP contribution is -2.48. The van der Waals surface area contributed by atoms with Gasteiger partial charge in [0.05, 0.1) is 0 Å². The van der Waals surface area contributed by atoms with Crippen LogP contribution in [0.25, 0.3) is 0 Å². The first kappa shape index (κ1) is 16.4. The number of carbonyl (C=O) groups excluding carboxylic acids is 1. The van der Waals surface area contributed by atoms with Crippen molar-refractivity contribution in [2.45, 2.75) is 31.3 Å². The van der Waals surface area contributed by atoms with E-state index in [1.165, 1.54) is 0 Å². The molecule has 4 rings (SSSR count). The van der Waals surface area contributed by atoms with Crippen LogP contribution in [0.15, 0.2) is 59.6 Å². The van der Waals surface area contributed by atoms with Gasteiger partial charge in [0.15, 0.2) is 0 Å². The molecule has 2 aromatic carbocycles. The number of nitrogens with zero attached hydrogens (tertiary/aromatic N) is 2. The van der Waals surface area contributed by atoms with Gasteiger partial charge in [-0.2, -0.15) is 0 Å². The van der Waals surface area contributed by atoms with Gasteiger partial charge in [-0.1, -0.05) is 54.2 Å². The highest BCUT2D eigenvalue weighted by molar-refractivity contribution is 7.82. The zero-order chi connectivity index (χ0) is 17.4. The van der Waals surface area contributed by atoms with E-state index in [-0.39, 0.29) is 5.91 Å². The number of aliphatic imine (C=N–C) groups is 1. The average molecular weight is 369 g/mol. The Morgan fingerprint density at radius 3 is 2.32 bits per heavy atom. The average Bonchev–Trinajstić information content (AvgIpc) is 3.21. The zero-order valence-electron chi connectivity index (χ0n) is 13.6. The molecule has 0 bridgehead atoms. The Morgan fingerprint density at radius 2 is 1.68 bits per heavy atom. The molecule has 0 atom stereocenters. The molecule has 1 aliphatic heterocycles. The van der Waals surface area contributed by atoms with Crippen LogP contribution in [-0.4, -0.2) is 27.2 Å². The van der Waals surface area contributed by atoms with E-state index in [0.717, 1.165) is 37.0 Å². The Labute approximate surface area is 157 Å². The highest BCUT2D eigenvalue weighted by Gasteiger charge is 2.50. The van der Waals surface area contributed by atoms with E-state index in [1.54, 1.807) is 4.90 Å². The van der Waals surface area contributed by atoms with Crippen LogP contribution in [0.3, 0.4) is 0 Å². The number of hydrogen-bond acceptors (Lipinski definition) is 3. The van der Waals surface area contributed by atoms with Gasteiger partial charge < -0.3 is 0 Å². The summed E-state index contributed by atoms with van der Waals surface area (Å²) < 4.78 is 0. The molecule has 5 heteroatoms. The van der Waals surface area contributed by atoms with E-state index < -0.39 is 5.66 Å². The molecule has 25 heavy (non-hydrogen) atoms. The fourth-order valence-corrected chi connectivity index (χ4v) is 4.21. The predicted molar refractivity (Wildman–Crippen MR) is 104 cm³/mol. The van der Waals surface area contributed by atoms with Gasteiger partial charge in [-0.05, 0) is 49.9 Å². The third-order valence-corrected chi connectivity index (χ3v) is 5.52. The van der Waals surface area contributed by atoms with Crippen LogP contribution in [0.4, 0.5) is 0 Å². The molecule has 126 valence electrons. The number of carbonyl (C=O) groups is 1. The summed E-state index contributed by atoms with van der Waals surface area (Å²) in [5.41, 5.74) is 1.74. The maximum atomic E-state index is 13.2. The van der Waals surface area contributed by atoms with Crippen molar-refractivity contribution < 1.29 is 4.79 Å². The van der Waals surface area contributed by atoms with Gasteiger partial charge in [-0.15, -0.1) is 0 Å². The number of halogens is 1. The molecule has 3 nitrogen and oxygen atoms in total. The summed E-state index contributed by atoms with van der Waals surface area (Å²) in [4.78, 5) is 20.4. The molecular formula is C20H17ClN2OS. The van der Waals surface area contributed by atoms with Gasteiger partial charge in [-0.3, -0.25) is 14.7 Å². The quantitative estimate of drug-likeness (QED) is 0.707. The Kier molecular flexibility index (Phi) is 4.18. The first-order valence-electron chi connectivity index (χ1n) is 8.40. The molecule has 0 aromatic heterocycles. The maximum absolute atomic E-state index is 13.2. The maximum Gasteiger partial charge on any atom is 0.260 e. The summed E-state index contributed by atoms with van der Waals surface area (Å²) in [5.74, 6) is -0.0692. The Morgan fingerprint density at radius 1 is 1.04 bits per heavy atom. The van der Waals surface area contributed by atoms with Crippen molar-refractivity contribution in [1.82, 2.24) is 4.90 Å². The summed E-state index contributed by atoms with van der Waals surface area (Å²) in [5, 5.41) is 0.668. The number of benzene rings is 2. The molecular weight excluding hydrogens is 352 g/mol. The molecule has 0 N–H and O–H groups in total. The summed E-state index contributed by atoms with van der Waals surface area (Å²) >= 11 is 11.7. The monoisotopic (exact) mass is 368 g/mol. The molecule has 1 amide bonds. The normalized spacial score (nSPS) is 18.7. The second kappa shape index (κ2) is 6.36. The molecule has 2 aliphatic rings. The van der Waals surface area contributed by atoms with Crippen molar-refractivity contribution in [2.24, 2.45) is 4.99 Å². The third kappa shape index (κ3) is 2.79. The second-order valence-corrected chi connectivity index (χ2v) is 7.29. The Balaban J connectivity index is 1.76. The SMILES string of the molecule is O=C(c1ccccc1)N1C(=S)C(c2ccc(Cl)cc2)=NC12CCCC2. The van der Waals surface area contributed by atoms with Crippen molar-refractivity contribution in [1.29, 1.82) is 0 Å². The Hall–Kier alpha value is -2.04. The highest BCUT2D eigenvalue weighted by atomic mass is 35.5. The van der Waals surface area contributed by atoms with Crippen molar-refractivity contribution in [3.63, 3.8) is 0 Å². The van der Waals surface area contributed by atoms with E-state index in [9.17, 15) is 4.79 Å². The molecule has 0 unspecified atom stereocenters. The van der Waals surface area contributed by atoms with E-state index in [1.807, 2.05) is 54.6 Å². The van der Waals surface area contributed by atoms with Crippen LogP contribution < -0.4 is 0 Å². The zero-order valence-corrected chi connectivity index (χ0v) is 15.2. The Bertz CT molecular complexity index is 855. The van der Waals surface area contributed by atoms with Crippen molar-refractivity contribution in [3.8, 4) is 0 Å². The summed E-state index contributed by atoms with van der Waals surface area (Å²) in [7, 11) is 0. The fourth-order valence-electron chi connectivity index (χ4n) is 3.66. The topological polar surface area (TPSA) is 32.7 Å². The van der Waals surface area contributed by atoms with Gasteiger partial charge in [0.2, 0.25) is 0 Å². The number of rotatable bonds is 2. The molecule has 0 radical (unpaired) electrons. The third-order valence-electron chi connectivity index (χ3n) is 4.89.